The van der Waals surface area contributed by atoms with Gasteiger partial charge in [-0.3, -0.25) is 0 Å². The molecule has 0 fully saturated rings. The van der Waals surface area contributed by atoms with Gasteiger partial charge in [-0.05, 0) is 39.0 Å². The van der Waals surface area contributed by atoms with Gasteiger partial charge in [0.2, 0.25) is 0 Å². The molecule has 0 saturated carbocycles. The van der Waals surface area contributed by atoms with E-state index in [1.54, 1.807) is 0 Å². The SMILES string of the molecule is CC(C)(C)NCC(O)COc1cccc(C(F)(F)F)c1. The number of hydrogen-bond donors (Lipinski definition) is 2. The van der Waals surface area contributed by atoms with Crippen LogP contribution in [0.1, 0.15) is 26.3 Å². The lowest BCUT2D eigenvalue weighted by atomic mass is 10.1. The highest BCUT2D eigenvalue weighted by Gasteiger charge is 2.30. The Labute approximate surface area is 116 Å². The molecule has 0 heterocycles. The molecule has 2 N–H and O–H groups in total. The number of halogens is 3. The third kappa shape index (κ3) is 6.25. The van der Waals surface area contributed by atoms with Gasteiger partial charge in [0.05, 0.1) is 5.56 Å². The van der Waals surface area contributed by atoms with E-state index in [1.807, 2.05) is 20.8 Å². The summed E-state index contributed by atoms with van der Waals surface area (Å²) in [6.45, 7) is 6.10. The maximum absolute atomic E-state index is 12.5. The van der Waals surface area contributed by atoms with E-state index < -0.39 is 17.8 Å². The molecular formula is C14H20F3NO2. The summed E-state index contributed by atoms with van der Waals surface area (Å²) in [6, 6.07) is 4.60. The molecular weight excluding hydrogens is 271 g/mol. The van der Waals surface area contributed by atoms with Gasteiger partial charge in [-0.1, -0.05) is 6.07 Å². The Hall–Kier alpha value is -1.27. The van der Waals surface area contributed by atoms with Crippen LogP contribution in [-0.4, -0.2) is 29.9 Å². The summed E-state index contributed by atoms with van der Waals surface area (Å²) in [4.78, 5) is 0. The summed E-state index contributed by atoms with van der Waals surface area (Å²) in [6.07, 6.45) is -5.19. The Morgan fingerprint density at radius 3 is 2.45 bits per heavy atom. The lowest BCUT2D eigenvalue weighted by molar-refractivity contribution is -0.137. The molecule has 0 saturated heterocycles. The fourth-order valence-electron chi connectivity index (χ4n) is 1.44. The maximum Gasteiger partial charge on any atom is 0.416 e. The van der Waals surface area contributed by atoms with E-state index in [1.165, 1.54) is 12.1 Å². The third-order valence-corrected chi connectivity index (χ3v) is 2.47. The number of aliphatic hydroxyl groups excluding tert-OH is 1. The summed E-state index contributed by atoms with van der Waals surface area (Å²) >= 11 is 0. The van der Waals surface area contributed by atoms with Crippen LogP contribution in [0.3, 0.4) is 0 Å². The highest BCUT2D eigenvalue weighted by molar-refractivity contribution is 5.30. The second kappa shape index (κ2) is 6.45. The molecule has 1 unspecified atom stereocenters. The van der Waals surface area contributed by atoms with Gasteiger partial charge < -0.3 is 15.2 Å². The van der Waals surface area contributed by atoms with Crippen LogP contribution in [0.25, 0.3) is 0 Å². The molecule has 0 aliphatic rings. The Morgan fingerprint density at radius 2 is 1.90 bits per heavy atom. The molecule has 0 radical (unpaired) electrons. The van der Waals surface area contributed by atoms with Gasteiger partial charge >= 0.3 is 6.18 Å². The van der Waals surface area contributed by atoms with Crippen molar-refractivity contribution >= 4 is 0 Å². The molecule has 3 nitrogen and oxygen atoms in total. The number of alkyl halides is 3. The second-order valence-electron chi connectivity index (χ2n) is 5.62. The van der Waals surface area contributed by atoms with Crippen LogP contribution in [-0.2, 0) is 6.18 Å². The first-order valence-electron chi connectivity index (χ1n) is 6.31. The van der Waals surface area contributed by atoms with Crippen LogP contribution in [0.4, 0.5) is 13.2 Å². The number of benzene rings is 1. The fraction of sp³-hybridized carbons (Fsp3) is 0.571. The van der Waals surface area contributed by atoms with E-state index in [2.05, 4.69) is 5.32 Å². The van der Waals surface area contributed by atoms with Crippen molar-refractivity contribution < 1.29 is 23.0 Å². The van der Waals surface area contributed by atoms with Gasteiger partial charge in [0.1, 0.15) is 18.5 Å². The average molecular weight is 291 g/mol. The Kier molecular flexibility index (Phi) is 5.42. The summed E-state index contributed by atoms with van der Waals surface area (Å²) in [5.74, 6) is 0.0923. The van der Waals surface area contributed by atoms with Crippen LogP contribution < -0.4 is 10.1 Å². The number of aliphatic hydroxyl groups is 1. The molecule has 1 atom stereocenters. The topological polar surface area (TPSA) is 41.5 Å². The van der Waals surface area contributed by atoms with Crippen molar-refractivity contribution in [2.75, 3.05) is 13.2 Å². The molecule has 1 aromatic rings. The molecule has 114 valence electrons. The van der Waals surface area contributed by atoms with Crippen LogP contribution in [0, 0.1) is 0 Å². The predicted octanol–water partition coefficient (Wildman–Crippen LogP) is 2.83. The second-order valence-corrected chi connectivity index (χ2v) is 5.62. The maximum atomic E-state index is 12.5. The van der Waals surface area contributed by atoms with Gasteiger partial charge in [-0.2, -0.15) is 13.2 Å². The van der Waals surface area contributed by atoms with Crippen LogP contribution >= 0.6 is 0 Å². The highest BCUT2D eigenvalue weighted by Crippen LogP contribution is 2.31. The van der Waals surface area contributed by atoms with Crippen LogP contribution in [0.5, 0.6) is 5.75 Å². The molecule has 0 amide bonds. The molecule has 0 bridgehead atoms. The van der Waals surface area contributed by atoms with E-state index in [0.29, 0.717) is 6.54 Å². The zero-order valence-corrected chi connectivity index (χ0v) is 11.8. The molecule has 0 aliphatic heterocycles. The molecule has 0 aliphatic carbocycles. The first-order valence-corrected chi connectivity index (χ1v) is 6.31. The zero-order valence-electron chi connectivity index (χ0n) is 11.8. The van der Waals surface area contributed by atoms with E-state index in [-0.39, 0.29) is 17.9 Å². The minimum absolute atomic E-state index is 0.0651. The smallest absolute Gasteiger partial charge is 0.416 e. The third-order valence-electron chi connectivity index (χ3n) is 2.47. The largest absolute Gasteiger partial charge is 0.491 e. The lowest BCUT2D eigenvalue weighted by Gasteiger charge is -2.23. The highest BCUT2D eigenvalue weighted by atomic mass is 19.4. The van der Waals surface area contributed by atoms with Gasteiger partial charge in [0.25, 0.3) is 0 Å². The van der Waals surface area contributed by atoms with Crippen molar-refractivity contribution in [3.63, 3.8) is 0 Å². The molecule has 6 heteroatoms. The van der Waals surface area contributed by atoms with Crippen LogP contribution in [0.15, 0.2) is 24.3 Å². The van der Waals surface area contributed by atoms with Gasteiger partial charge in [0, 0.05) is 12.1 Å². The van der Waals surface area contributed by atoms with Crippen molar-refractivity contribution in [3.05, 3.63) is 29.8 Å². The van der Waals surface area contributed by atoms with E-state index >= 15 is 0 Å². The van der Waals surface area contributed by atoms with E-state index in [4.69, 9.17) is 4.74 Å². The first-order chi connectivity index (χ1) is 9.08. The molecule has 0 aromatic heterocycles. The molecule has 0 spiro atoms. The van der Waals surface area contributed by atoms with E-state index in [9.17, 15) is 18.3 Å². The fourth-order valence-corrected chi connectivity index (χ4v) is 1.44. The quantitative estimate of drug-likeness (QED) is 0.876. The summed E-state index contributed by atoms with van der Waals surface area (Å²) in [5, 5.41) is 12.8. The lowest BCUT2D eigenvalue weighted by Crippen LogP contribution is -2.42. The van der Waals surface area contributed by atoms with Gasteiger partial charge in [-0.15, -0.1) is 0 Å². The van der Waals surface area contributed by atoms with Crippen molar-refractivity contribution in [1.29, 1.82) is 0 Å². The monoisotopic (exact) mass is 291 g/mol. The average Bonchev–Trinajstić information content (AvgIpc) is 2.32. The van der Waals surface area contributed by atoms with E-state index in [0.717, 1.165) is 12.1 Å². The predicted molar refractivity (Wildman–Crippen MR) is 70.7 cm³/mol. The normalized spacial score (nSPS) is 14.2. The van der Waals surface area contributed by atoms with Crippen molar-refractivity contribution in [2.45, 2.75) is 38.6 Å². The minimum atomic E-state index is -4.40. The first kappa shape index (κ1) is 16.8. The number of nitrogens with one attached hydrogen (secondary N) is 1. The summed E-state index contributed by atoms with van der Waals surface area (Å²) < 4.78 is 42.7. The summed E-state index contributed by atoms with van der Waals surface area (Å²) in [5.41, 5.74) is -0.908. The Balaban J connectivity index is 2.50. The molecule has 1 aromatic carbocycles. The van der Waals surface area contributed by atoms with Gasteiger partial charge in [-0.25, -0.2) is 0 Å². The van der Waals surface area contributed by atoms with Crippen molar-refractivity contribution in [1.82, 2.24) is 5.32 Å². The van der Waals surface area contributed by atoms with Crippen molar-refractivity contribution in [2.24, 2.45) is 0 Å². The van der Waals surface area contributed by atoms with Crippen molar-refractivity contribution in [3.8, 4) is 5.75 Å². The van der Waals surface area contributed by atoms with Crippen LogP contribution in [0.2, 0.25) is 0 Å². The number of rotatable bonds is 5. The minimum Gasteiger partial charge on any atom is -0.491 e. The number of β-amino-alcohol motifs (C(OH)–C–C–N with tert-alkyl or cyclic N) is 1. The number of ether oxygens (including phenoxy) is 1. The Bertz CT molecular complexity index is 427. The van der Waals surface area contributed by atoms with Gasteiger partial charge in [0.15, 0.2) is 0 Å². The molecule has 20 heavy (non-hydrogen) atoms. The zero-order chi connectivity index (χ0) is 15.4. The Morgan fingerprint density at radius 1 is 1.25 bits per heavy atom. The number of hydrogen-bond acceptors (Lipinski definition) is 3. The molecule has 1 rings (SSSR count). The standard InChI is InChI=1S/C14H20F3NO2/c1-13(2,3)18-8-11(19)9-20-12-6-4-5-10(7-12)14(15,16)17/h4-7,11,18-19H,8-9H2,1-3H3. The summed E-state index contributed by atoms with van der Waals surface area (Å²) in [7, 11) is 0.